The normalized spacial score (nSPS) is 19.2. The quantitative estimate of drug-likeness (QED) is 0.610. The van der Waals surface area contributed by atoms with Gasteiger partial charge in [0.1, 0.15) is 0 Å². The molecule has 0 aliphatic heterocycles. The monoisotopic (exact) mass is 412 g/mol. The molecule has 1 heterocycles. The van der Waals surface area contributed by atoms with Crippen molar-refractivity contribution in [1.29, 1.82) is 0 Å². The molecule has 3 aromatic rings. The molecule has 2 aromatic carbocycles. The van der Waals surface area contributed by atoms with Gasteiger partial charge in [-0.25, -0.2) is 4.79 Å². The average Bonchev–Trinajstić information content (AvgIpc) is 3.09. The first-order valence-corrected chi connectivity index (χ1v) is 10.1. The molecule has 1 aliphatic rings. The molecule has 0 spiro atoms. The minimum atomic E-state index is -0.622. The van der Waals surface area contributed by atoms with Crippen LogP contribution in [-0.2, 0) is 16.0 Å². The number of fused-ring (bicyclic) bond motifs is 1. The number of hydrogen-bond donors (Lipinski definition) is 2. The van der Waals surface area contributed by atoms with E-state index in [2.05, 4.69) is 10.3 Å². The molecule has 0 atom stereocenters. The summed E-state index contributed by atoms with van der Waals surface area (Å²) in [5, 5.41) is 3.35. The van der Waals surface area contributed by atoms with Crippen LogP contribution in [0.2, 0.25) is 5.02 Å². The van der Waals surface area contributed by atoms with Gasteiger partial charge in [-0.05, 0) is 67.9 Å². The van der Waals surface area contributed by atoms with Gasteiger partial charge in [0.15, 0.2) is 5.58 Å². The summed E-state index contributed by atoms with van der Waals surface area (Å²) in [6.07, 6.45) is 4.25. The van der Waals surface area contributed by atoms with Gasteiger partial charge in [0, 0.05) is 22.7 Å². The molecule has 0 bridgehead atoms. The number of oxazole rings is 1. The van der Waals surface area contributed by atoms with E-state index < -0.39 is 11.7 Å². The largest absolute Gasteiger partial charge is 0.417 e. The van der Waals surface area contributed by atoms with Crippen molar-refractivity contribution in [3.8, 4) is 0 Å². The molecule has 0 radical (unpaired) electrons. The third-order valence-electron chi connectivity index (χ3n) is 5.56. The van der Waals surface area contributed by atoms with Crippen LogP contribution in [0.4, 0.5) is 5.69 Å². The predicted octanol–water partition coefficient (Wildman–Crippen LogP) is 4.33. The summed E-state index contributed by atoms with van der Waals surface area (Å²) in [7, 11) is 0. The van der Waals surface area contributed by atoms with Crippen molar-refractivity contribution in [1.82, 2.24) is 4.98 Å². The highest BCUT2D eigenvalue weighted by atomic mass is 35.5. The van der Waals surface area contributed by atoms with Crippen molar-refractivity contribution in [3.05, 3.63) is 63.6 Å². The van der Waals surface area contributed by atoms with Gasteiger partial charge in [-0.1, -0.05) is 23.7 Å². The number of carbonyl (C=O) groups is 2. The van der Waals surface area contributed by atoms with Gasteiger partial charge >= 0.3 is 5.76 Å². The maximum atomic E-state index is 12.6. The van der Waals surface area contributed by atoms with Gasteiger partial charge in [-0.2, -0.15) is 0 Å². The van der Waals surface area contributed by atoms with E-state index in [9.17, 15) is 14.4 Å². The first-order valence-electron chi connectivity index (χ1n) is 9.70. The number of ketones is 1. The summed E-state index contributed by atoms with van der Waals surface area (Å²) in [4.78, 5) is 38.7. The standard InChI is InChI=1S/C22H21ClN2O4/c23-16-7-3-14(4-8-16)11-13-1-5-15(6-2-13)20(26)21(27)24-17-9-10-18-19(12-17)29-22(28)25-18/h3-4,7-10,12-13,15H,1-2,5-6,11H2,(H,24,27)(H,25,28). The van der Waals surface area contributed by atoms with Crippen LogP contribution in [0.1, 0.15) is 31.2 Å². The fourth-order valence-electron chi connectivity index (χ4n) is 3.98. The van der Waals surface area contributed by atoms with Gasteiger partial charge in [0.2, 0.25) is 5.78 Å². The number of carbonyl (C=O) groups excluding carboxylic acids is 2. The van der Waals surface area contributed by atoms with Crippen LogP contribution in [0, 0.1) is 11.8 Å². The highest BCUT2D eigenvalue weighted by Gasteiger charge is 2.30. The van der Waals surface area contributed by atoms with Crippen LogP contribution in [-0.4, -0.2) is 16.7 Å². The van der Waals surface area contributed by atoms with Gasteiger partial charge in [0.05, 0.1) is 5.52 Å². The minimum Gasteiger partial charge on any atom is -0.408 e. The summed E-state index contributed by atoms with van der Waals surface area (Å²) in [6.45, 7) is 0. The molecular weight excluding hydrogens is 392 g/mol. The van der Waals surface area contributed by atoms with Crippen LogP contribution < -0.4 is 11.1 Å². The lowest BCUT2D eigenvalue weighted by Crippen LogP contribution is -2.32. The van der Waals surface area contributed by atoms with Crippen LogP contribution >= 0.6 is 11.6 Å². The van der Waals surface area contributed by atoms with E-state index in [1.807, 2.05) is 24.3 Å². The fourth-order valence-corrected chi connectivity index (χ4v) is 4.11. The summed E-state index contributed by atoms with van der Waals surface area (Å²) in [5.74, 6) is -1.29. The molecule has 1 saturated carbocycles. The maximum absolute atomic E-state index is 12.6. The Hall–Kier alpha value is -2.86. The Morgan fingerprint density at radius 1 is 1.07 bits per heavy atom. The van der Waals surface area contributed by atoms with Crippen LogP contribution in [0.25, 0.3) is 11.1 Å². The lowest BCUT2D eigenvalue weighted by molar-refractivity contribution is -0.138. The molecule has 4 rings (SSSR count). The van der Waals surface area contributed by atoms with E-state index in [1.165, 1.54) is 11.6 Å². The summed E-state index contributed by atoms with van der Waals surface area (Å²) in [6, 6.07) is 12.7. The number of halogens is 1. The summed E-state index contributed by atoms with van der Waals surface area (Å²) < 4.78 is 4.98. The minimum absolute atomic E-state index is 0.245. The molecule has 1 fully saturated rings. The van der Waals surface area contributed by atoms with Crippen molar-refractivity contribution in [2.24, 2.45) is 11.8 Å². The number of Topliss-reactive ketones (excluding diaryl/α,β-unsaturated/α-hetero) is 1. The highest BCUT2D eigenvalue weighted by molar-refractivity contribution is 6.41. The fraction of sp³-hybridized carbons (Fsp3) is 0.318. The second-order valence-corrected chi connectivity index (χ2v) is 8.03. The molecule has 0 saturated heterocycles. The molecular formula is C22H21ClN2O4. The predicted molar refractivity (Wildman–Crippen MR) is 111 cm³/mol. The van der Waals surface area contributed by atoms with Crippen LogP contribution in [0.5, 0.6) is 0 Å². The number of rotatable bonds is 5. The van der Waals surface area contributed by atoms with Gasteiger partial charge < -0.3 is 9.73 Å². The zero-order chi connectivity index (χ0) is 20.4. The number of nitrogens with one attached hydrogen (secondary N) is 2. The molecule has 2 N–H and O–H groups in total. The number of aromatic nitrogens is 1. The third kappa shape index (κ3) is 4.59. The summed E-state index contributed by atoms with van der Waals surface area (Å²) in [5.41, 5.74) is 2.55. The van der Waals surface area contributed by atoms with E-state index >= 15 is 0 Å². The van der Waals surface area contributed by atoms with E-state index in [0.29, 0.717) is 22.7 Å². The lowest BCUT2D eigenvalue weighted by Gasteiger charge is -2.27. The molecule has 6 nitrogen and oxygen atoms in total. The molecule has 29 heavy (non-hydrogen) atoms. The smallest absolute Gasteiger partial charge is 0.408 e. The van der Waals surface area contributed by atoms with E-state index in [-0.39, 0.29) is 11.7 Å². The highest BCUT2D eigenvalue weighted by Crippen LogP contribution is 2.32. The second-order valence-electron chi connectivity index (χ2n) is 7.59. The average molecular weight is 413 g/mol. The first kappa shape index (κ1) is 19.5. The lowest BCUT2D eigenvalue weighted by atomic mass is 9.77. The van der Waals surface area contributed by atoms with Crippen molar-refractivity contribution < 1.29 is 14.0 Å². The van der Waals surface area contributed by atoms with Crippen molar-refractivity contribution >= 4 is 40.1 Å². The molecule has 7 heteroatoms. The number of aromatic amines is 1. The van der Waals surface area contributed by atoms with E-state index in [0.717, 1.165) is 37.1 Å². The topological polar surface area (TPSA) is 92.2 Å². The molecule has 1 aliphatic carbocycles. The zero-order valence-corrected chi connectivity index (χ0v) is 16.5. The van der Waals surface area contributed by atoms with Crippen molar-refractivity contribution in [2.75, 3.05) is 5.32 Å². The van der Waals surface area contributed by atoms with Crippen LogP contribution in [0.3, 0.4) is 0 Å². The van der Waals surface area contributed by atoms with Crippen molar-refractivity contribution in [3.63, 3.8) is 0 Å². The molecule has 1 amide bonds. The summed E-state index contributed by atoms with van der Waals surface area (Å²) >= 11 is 5.93. The number of hydrogen-bond acceptors (Lipinski definition) is 4. The van der Waals surface area contributed by atoms with Gasteiger partial charge in [0.25, 0.3) is 5.91 Å². The molecule has 0 unspecified atom stereocenters. The van der Waals surface area contributed by atoms with E-state index in [4.69, 9.17) is 16.0 Å². The Kier molecular flexibility index (Phi) is 5.53. The molecule has 1 aromatic heterocycles. The number of H-pyrrole nitrogens is 1. The SMILES string of the molecule is O=C(Nc1ccc2[nH]c(=O)oc2c1)C(=O)C1CCC(Cc2ccc(Cl)cc2)CC1. The molecule has 150 valence electrons. The maximum Gasteiger partial charge on any atom is 0.417 e. The van der Waals surface area contributed by atoms with E-state index in [1.54, 1.807) is 12.1 Å². The number of anilines is 1. The third-order valence-corrected chi connectivity index (χ3v) is 5.81. The van der Waals surface area contributed by atoms with Crippen molar-refractivity contribution in [2.45, 2.75) is 32.1 Å². The Morgan fingerprint density at radius 3 is 2.52 bits per heavy atom. The number of amides is 1. The number of benzene rings is 2. The van der Waals surface area contributed by atoms with Crippen LogP contribution in [0.15, 0.2) is 51.7 Å². The second kappa shape index (κ2) is 8.25. The Bertz CT molecular complexity index is 1090. The Morgan fingerprint density at radius 2 is 1.79 bits per heavy atom. The first-order chi connectivity index (χ1) is 14.0. The van der Waals surface area contributed by atoms with Gasteiger partial charge in [-0.3, -0.25) is 14.6 Å². The van der Waals surface area contributed by atoms with Gasteiger partial charge in [-0.15, -0.1) is 0 Å². The Balaban J connectivity index is 1.31. The Labute approximate surface area is 172 Å². The zero-order valence-electron chi connectivity index (χ0n) is 15.7.